The van der Waals surface area contributed by atoms with Crippen LogP contribution in [-0.4, -0.2) is 35.5 Å². The van der Waals surface area contributed by atoms with Crippen LogP contribution in [0.25, 0.3) is 0 Å². The maximum absolute atomic E-state index is 11.6. The fourth-order valence-electron chi connectivity index (χ4n) is 1.12. The lowest BCUT2D eigenvalue weighted by Gasteiger charge is -2.22. The number of ether oxygens (including phenoxy) is 1. The Morgan fingerprint density at radius 2 is 1.94 bits per heavy atom. The summed E-state index contributed by atoms with van der Waals surface area (Å²) < 4.78 is 4.53. The van der Waals surface area contributed by atoms with Gasteiger partial charge in [-0.25, -0.2) is 0 Å². The van der Waals surface area contributed by atoms with Crippen LogP contribution in [0, 0.1) is 0 Å². The van der Waals surface area contributed by atoms with Crippen LogP contribution in [0.15, 0.2) is 0 Å². The first-order valence-electron chi connectivity index (χ1n) is 5.28. The van der Waals surface area contributed by atoms with Gasteiger partial charge in [0.2, 0.25) is 5.91 Å². The van der Waals surface area contributed by atoms with Gasteiger partial charge in [0.15, 0.2) is 0 Å². The van der Waals surface area contributed by atoms with Gasteiger partial charge in [0, 0.05) is 11.3 Å². The molecule has 0 radical (unpaired) electrons. The molecule has 0 rings (SSSR count). The van der Waals surface area contributed by atoms with Crippen molar-refractivity contribution < 1.29 is 14.3 Å². The standard InChI is InChI=1S/C11H21NO3S/c1-8(16-11(2,3)4)10(14)12-7-6-9(13)15-5/h8H,6-7H2,1-5H3,(H,12,14). The molecule has 4 nitrogen and oxygen atoms in total. The Kier molecular flexibility index (Phi) is 6.48. The first-order chi connectivity index (χ1) is 7.26. The molecule has 94 valence electrons. The summed E-state index contributed by atoms with van der Waals surface area (Å²) in [4.78, 5) is 22.4. The third kappa shape index (κ3) is 7.56. The molecule has 16 heavy (non-hydrogen) atoms. The van der Waals surface area contributed by atoms with Gasteiger partial charge in [-0.2, -0.15) is 0 Å². The van der Waals surface area contributed by atoms with Crippen molar-refractivity contribution in [3.63, 3.8) is 0 Å². The summed E-state index contributed by atoms with van der Waals surface area (Å²) in [5.74, 6) is -0.347. The summed E-state index contributed by atoms with van der Waals surface area (Å²) in [5.41, 5.74) is 0. The number of esters is 1. The number of carbonyl (C=O) groups is 2. The Bertz CT molecular complexity index is 248. The lowest BCUT2D eigenvalue weighted by molar-refractivity contribution is -0.140. The van der Waals surface area contributed by atoms with Gasteiger partial charge in [-0.3, -0.25) is 9.59 Å². The zero-order valence-electron chi connectivity index (χ0n) is 10.6. The number of amides is 1. The van der Waals surface area contributed by atoms with Crippen molar-refractivity contribution in [2.24, 2.45) is 0 Å². The zero-order valence-corrected chi connectivity index (χ0v) is 11.4. The zero-order chi connectivity index (χ0) is 12.8. The van der Waals surface area contributed by atoms with Crippen molar-refractivity contribution >= 4 is 23.6 Å². The highest BCUT2D eigenvalue weighted by Gasteiger charge is 2.21. The van der Waals surface area contributed by atoms with Crippen LogP contribution in [0.4, 0.5) is 0 Å². The Labute approximate surface area is 101 Å². The number of hydrogen-bond acceptors (Lipinski definition) is 4. The van der Waals surface area contributed by atoms with Crippen molar-refractivity contribution in [2.75, 3.05) is 13.7 Å². The van der Waals surface area contributed by atoms with Crippen LogP contribution < -0.4 is 5.32 Å². The van der Waals surface area contributed by atoms with Crippen LogP contribution in [0.1, 0.15) is 34.1 Å². The smallest absolute Gasteiger partial charge is 0.307 e. The van der Waals surface area contributed by atoms with E-state index in [4.69, 9.17) is 0 Å². The third-order valence-corrected chi connectivity index (χ3v) is 3.03. The van der Waals surface area contributed by atoms with E-state index in [0.717, 1.165) is 0 Å². The van der Waals surface area contributed by atoms with Crippen LogP contribution >= 0.6 is 11.8 Å². The highest BCUT2D eigenvalue weighted by atomic mass is 32.2. The molecule has 0 spiro atoms. The molecule has 5 heteroatoms. The van der Waals surface area contributed by atoms with Gasteiger partial charge < -0.3 is 10.1 Å². The number of rotatable bonds is 5. The molecule has 0 bridgehead atoms. The molecule has 1 amide bonds. The average molecular weight is 247 g/mol. The van der Waals surface area contributed by atoms with Crippen molar-refractivity contribution in [3.05, 3.63) is 0 Å². The number of nitrogens with one attached hydrogen (secondary N) is 1. The molecule has 0 aliphatic rings. The van der Waals surface area contributed by atoms with Crippen molar-refractivity contribution in [1.82, 2.24) is 5.32 Å². The average Bonchev–Trinajstić information content (AvgIpc) is 2.14. The predicted molar refractivity (Wildman–Crippen MR) is 66.4 cm³/mol. The fraction of sp³-hybridized carbons (Fsp3) is 0.818. The van der Waals surface area contributed by atoms with E-state index in [-0.39, 0.29) is 28.3 Å². The molecule has 0 aromatic carbocycles. The van der Waals surface area contributed by atoms with Gasteiger partial charge in [0.25, 0.3) is 0 Å². The van der Waals surface area contributed by atoms with E-state index >= 15 is 0 Å². The lowest BCUT2D eigenvalue weighted by atomic mass is 10.3. The second kappa shape index (κ2) is 6.78. The van der Waals surface area contributed by atoms with E-state index in [9.17, 15) is 9.59 Å². The SMILES string of the molecule is COC(=O)CCNC(=O)C(C)SC(C)(C)C. The van der Waals surface area contributed by atoms with Crippen molar-refractivity contribution in [2.45, 2.75) is 44.1 Å². The first kappa shape index (κ1) is 15.3. The maximum Gasteiger partial charge on any atom is 0.307 e. The van der Waals surface area contributed by atoms with Gasteiger partial charge in [-0.1, -0.05) is 20.8 Å². The molecule has 1 unspecified atom stereocenters. The highest BCUT2D eigenvalue weighted by molar-refractivity contribution is 8.01. The van der Waals surface area contributed by atoms with E-state index in [0.29, 0.717) is 6.54 Å². The summed E-state index contributed by atoms with van der Waals surface area (Å²) >= 11 is 1.60. The molecule has 0 aromatic rings. The molecule has 0 saturated carbocycles. The topological polar surface area (TPSA) is 55.4 Å². The number of methoxy groups -OCH3 is 1. The van der Waals surface area contributed by atoms with Gasteiger partial charge >= 0.3 is 5.97 Å². The minimum absolute atomic E-state index is 0.0381. The molecule has 0 aliphatic heterocycles. The number of thioether (sulfide) groups is 1. The van der Waals surface area contributed by atoms with Crippen LogP contribution in [-0.2, 0) is 14.3 Å². The molecule has 0 aliphatic carbocycles. The Morgan fingerprint density at radius 3 is 2.38 bits per heavy atom. The minimum atomic E-state index is -0.309. The fourth-order valence-corrected chi connectivity index (χ4v) is 2.37. The summed E-state index contributed by atoms with van der Waals surface area (Å²) in [6, 6.07) is 0. The van der Waals surface area contributed by atoms with E-state index in [1.165, 1.54) is 7.11 Å². The third-order valence-electron chi connectivity index (χ3n) is 1.76. The van der Waals surface area contributed by atoms with Crippen molar-refractivity contribution in [3.8, 4) is 0 Å². The maximum atomic E-state index is 11.6. The van der Waals surface area contributed by atoms with E-state index in [2.05, 4.69) is 30.8 Å². The number of carbonyl (C=O) groups excluding carboxylic acids is 2. The van der Waals surface area contributed by atoms with Gasteiger partial charge in [0.05, 0.1) is 18.8 Å². The normalized spacial score (nSPS) is 13.1. The lowest BCUT2D eigenvalue weighted by Crippen LogP contribution is -2.34. The molecule has 0 saturated heterocycles. The van der Waals surface area contributed by atoms with Gasteiger partial charge in [-0.05, 0) is 6.92 Å². The molecular weight excluding hydrogens is 226 g/mol. The summed E-state index contributed by atoms with van der Waals surface area (Å²) in [5, 5.41) is 2.60. The summed E-state index contributed by atoms with van der Waals surface area (Å²) in [6.07, 6.45) is 0.217. The van der Waals surface area contributed by atoms with E-state index < -0.39 is 0 Å². The molecule has 0 fully saturated rings. The van der Waals surface area contributed by atoms with Crippen LogP contribution in [0.3, 0.4) is 0 Å². The predicted octanol–water partition coefficient (Wildman–Crippen LogP) is 1.59. The monoisotopic (exact) mass is 247 g/mol. The Hall–Kier alpha value is -0.710. The molecule has 0 heterocycles. The summed E-state index contributed by atoms with van der Waals surface area (Å²) in [7, 11) is 1.34. The molecule has 1 atom stereocenters. The van der Waals surface area contributed by atoms with Crippen LogP contribution in [0.2, 0.25) is 0 Å². The second-order valence-electron chi connectivity index (χ2n) is 4.49. The van der Waals surface area contributed by atoms with Crippen molar-refractivity contribution in [1.29, 1.82) is 0 Å². The largest absolute Gasteiger partial charge is 0.469 e. The van der Waals surface area contributed by atoms with Crippen LogP contribution in [0.5, 0.6) is 0 Å². The highest BCUT2D eigenvalue weighted by Crippen LogP contribution is 2.27. The van der Waals surface area contributed by atoms with Gasteiger partial charge in [-0.15, -0.1) is 11.8 Å². The molecule has 0 aromatic heterocycles. The van der Waals surface area contributed by atoms with E-state index in [1.807, 2.05) is 6.92 Å². The molecule has 1 N–H and O–H groups in total. The Morgan fingerprint density at radius 1 is 1.38 bits per heavy atom. The quantitative estimate of drug-likeness (QED) is 0.750. The minimum Gasteiger partial charge on any atom is -0.469 e. The Balaban J connectivity index is 3.84. The first-order valence-corrected chi connectivity index (χ1v) is 6.16. The van der Waals surface area contributed by atoms with E-state index in [1.54, 1.807) is 11.8 Å². The second-order valence-corrected chi connectivity index (χ2v) is 6.66. The van der Waals surface area contributed by atoms with Gasteiger partial charge in [0.1, 0.15) is 0 Å². The number of hydrogen-bond donors (Lipinski definition) is 1. The summed E-state index contributed by atoms with van der Waals surface area (Å²) in [6.45, 7) is 8.39. The molecular formula is C11H21NO3S.